The van der Waals surface area contributed by atoms with Crippen molar-refractivity contribution in [1.82, 2.24) is 0 Å². The van der Waals surface area contributed by atoms with Crippen molar-refractivity contribution in [3.63, 3.8) is 0 Å². The third kappa shape index (κ3) is 4.42. The molecule has 0 radical (unpaired) electrons. The Bertz CT molecular complexity index is 927. The number of carbonyl (C=O) groups is 1. The van der Waals surface area contributed by atoms with Crippen molar-refractivity contribution in [2.75, 3.05) is 10.6 Å². The number of anilines is 3. The van der Waals surface area contributed by atoms with E-state index < -0.39 is 17.5 Å². The number of benzene rings is 3. The second kappa shape index (κ2) is 7.74. The van der Waals surface area contributed by atoms with Crippen LogP contribution in [0.1, 0.15) is 5.56 Å². The highest BCUT2D eigenvalue weighted by molar-refractivity contribution is 5.92. The minimum atomic E-state index is -0.702. The molecule has 3 aromatic carbocycles. The predicted molar refractivity (Wildman–Crippen MR) is 94.8 cm³/mol. The molecular formula is C20H15F3N2O. The van der Waals surface area contributed by atoms with E-state index in [0.717, 1.165) is 12.1 Å². The summed E-state index contributed by atoms with van der Waals surface area (Å²) < 4.78 is 40.1. The topological polar surface area (TPSA) is 41.1 Å². The number of nitrogens with one attached hydrogen (secondary N) is 2. The average Bonchev–Trinajstić information content (AvgIpc) is 2.61. The molecule has 132 valence electrons. The molecule has 3 nitrogen and oxygen atoms in total. The van der Waals surface area contributed by atoms with E-state index in [1.165, 1.54) is 12.1 Å². The van der Waals surface area contributed by atoms with Gasteiger partial charge in [-0.2, -0.15) is 0 Å². The predicted octanol–water partition coefficient (Wildman–Crippen LogP) is 5.03. The summed E-state index contributed by atoms with van der Waals surface area (Å²) in [4.78, 5) is 12.0. The highest BCUT2D eigenvalue weighted by atomic mass is 19.1. The van der Waals surface area contributed by atoms with Crippen molar-refractivity contribution in [3.05, 3.63) is 89.7 Å². The molecule has 0 aromatic heterocycles. The Morgan fingerprint density at radius 1 is 0.808 bits per heavy atom. The van der Waals surface area contributed by atoms with Crippen LogP contribution in [0.3, 0.4) is 0 Å². The quantitative estimate of drug-likeness (QED) is 0.673. The van der Waals surface area contributed by atoms with Crippen molar-refractivity contribution in [2.45, 2.75) is 6.42 Å². The Morgan fingerprint density at radius 2 is 1.50 bits per heavy atom. The lowest BCUT2D eigenvalue weighted by molar-refractivity contribution is -0.115. The molecule has 0 spiro atoms. The van der Waals surface area contributed by atoms with Gasteiger partial charge < -0.3 is 10.6 Å². The monoisotopic (exact) mass is 356 g/mol. The lowest BCUT2D eigenvalue weighted by Gasteiger charge is -2.10. The summed E-state index contributed by atoms with van der Waals surface area (Å²) in [5.41, 5.74) is 1.55. The first-order valence-electron chi connectivity index (χ1n) is 7.86. The SMILES string of the molecule is O=C(Cc1ccccc1F)Nc1ccc(Nc2ccc(F)cc2F)cc1. The Morgan fingerprint density at radius 3 is 2.19 bits per heavy atom. The van der Waals surface area contributed by atoms with Crippen LogP contribution in [-0.2, 0) is 11.2 Å². The molecule has 0 atom stereocenters. The number of halogens is 3. The summed E-state index contributed by atoms with van der Waals surface area (Å²) in [6.45, 7) is 0. The first-order valence-corrected chi connectivity index (χ1v) is 7.86. The molecular weight excluding hydrogens is 341 g/mol. The number of hydrogen-bond acceptors (Lipinski definition) is 2. The van der Waals surface area contributed by atoms with Gasteiger partial charge in [-0.05, 0) is 48.0 Å². The molecule has 3 rings (SSSR count). The third-order valence-corrected chi connectivity index (χ3v) is 3.69. The second-order valence-corrected chi connectivity index (χ2v) is 5.64. The molecule has 6 heteroatoms. The van der Waals surface area contributed by atoms with Gasteiger partial charge >= 0.3 is 0 Å². The van der Waals surface area contributed by atoms with E-state index in [1.54, 1.807) is 42.5 Å². The molecule has 0 fully saturated rings. The molecule has 3 aromatic rings. The summed E-state index contributed by atoms with van der Waals surface area (Å²) in [5, 5.41) is 5.49. The van der Waals surface area contributed by atoms with E-state index in [4.69, 9.17) is 0 Å². The van der Waals surface area contributed by atoms with E-state index >= 15 is 0 Å². The van der Waals surface area contributed by atoms with Crippen LogP contribution in [0.15, 0.2) is 66.7 Å². The number of amides is 1. The number of rotatable bonds is 5. The van der Waals surface area contributed by atoms with E-state index in [2.05, 4.69) is 10.6 Å². The zero-order valence-electron chi connectivity index (χ0n) is 13.6. The highest BCUT2D eigenvalue weighted by Crippen LogP contribution is 2.22. The Hall–Kier alpha value is -3.28. The minimum absolute atomic E-state index is 0.0759. The number of carbonyl (C=O) groups excluding carboxylic acids is 1. The zero-order chi connectivity index (χ0) is 18.5. The van der Waals surface area contributed by atoms with Gasteiger partial charge in [0.15, 0.2) is 0 Å². The van der Waals surface area contributed by atoms with Gasteiger partial charge in [-0.1, -0.05) is 18.2 Å². The van der Waals surface area contributed by atoms with Crippen LogP contribution in [0, 0.1) is 17.5 Å². The molecule has 0 aliphatic carbocycles. The standard InChI is InChI=1S/C20H15F3N2O/c21-14-5-10-19(18(23)12-14)24-15-6-8-16(9-7-15)25-20(26)11-13-3-1-2-4-17(13)22/h1-10,12,24H,11H2,(H,25,26). The lowest BCUT2D eigenvalue weighted by Crippen LogP contribution is -2.15. The van der Waals surface area contributed by atoms with Gasteiger partial charge in [0.1, 0.15) is 17.5 Å². The molecule has 0 bridgehead atoms. The Labute approximate surface area is 148 Å². The van der Waals surface area contributed by atoms with Gasteiger partial charge in [0, 0.05) is 17.4 Å². The van der Waals surface area contributed by atoms with Crippen molar-refractivity contribution < 1.29 is 18.0 Å². The maximum absolute atomic E-state index is 13.6. The molecule has 0 aliphatic rings. The fourth-order valence-electron chi connectivity index (χ4n) is 2.40. The molecule has 2 N–H and O–H groups in total. The summed E-state index contributed by atoms with van der Waals surface area (Å²) in [5.74, 6) is -2.13. The minimum Gasteiger partial charge on any atom is -0.353 e. The van der Waals surface area contributed by atoms with Crippen molar-refractivity contribution in [1.29, 1.82) is 0 Å². The fraction of sp³-hybridized carbons (Fsp3) is 0.0500. The molecule has 0 unspecified atom stereocenters. The van der Waals surface area contributed by atoms with Gasteiger partial charge in [0.2, 0.25) is 5.91 Å². The molecule has 0 heterocycles. The van der Waals surface area contributed by atoms with Crippen LogP contribution in [0.4, 0.5) is 30.2 Å². The fourth-order valence-corrected chi connectivity index (χ4v) is 2.40. The highest BCUT2D eigenvalue weighted by Gasteiger charge is 2.08. The van der Waals surface area contributed by atoms with Gasteiger partial charge in [0.05, 0.1) is 12.1 Å². The maximum atomic E-state index is 13.6. The zero-order valence-corrected chi connectivity index (χ0v) is 13.6. The third-order valence-electron chi connectivity index (χ3n) is 3.69. The van der Waals surface area contributed by atoms with E-state index in [-0.39, 0.29) is 18.0 Å². The smallest absolute Gasteiger partial charge is 0.228 e. The first kappa shape index (κ1) is 17.5. The first-order chi connectivity index (χ1) is 12.5. The maximum Gasteiger partial charge on any atom is 0.228 e. The van der Waals surface area contributed by atoms with E-state index in [1.807, 2.05) is 0 Å². The molecule has 0 saturated carbocycles. The molecule has 26 heavy (non-hydrogen) atoms. The van der Waals surface area contributed by atoms with Crippen LogP contribution in [-0.4, -0.2) is 5.91 Å². The summed E-state index contributed by atoms with van der Waals surface area (Å²) in [6, 6.07) is 15.9. The van der Waals surface area contributed by atoms with Gasteiger partial charge in [0.25, 0.3) is 0 Å². The van der Waals surface area contributed by atoms with Crippen LogP contribution in [0.25, 0.3) is 0 Å². The van der Waals surface area contributed by atoms with Crippen LogP contribution in [0.5, 0.6) is 0 Å². The van der Waals surface area contributed by atoms with Gasteiger partial charge in [-0.25, -0.2) is 13.2 Å². The summed E-state index contributed by atoms with van der Waals surface area (Å²) >= 11 is 0. The average molecular weight is 356 g/mol. The van der Waals surface area contributed by atoms with E-state index in [9.17, 15) is 18.0 Å². The molecule has 0 saturated heterocycles. The Balaban J connectivity index is 1.62. The Kier molecular flexibility index (Phi) is 5.22. The van der Waals surface area contributed by atoms with E-state index in [0.29, 0.717) is 16.9 Å². The lowest BCUT2D eigenvalue weighted by atomic mass is 10.1. The summed E-state index contributed by atoms with van der Waals surface area (Å²) in [6.07, 6.45) is -0.0759. The molecule has 0 aliphatic heterocycles. The van der Waals surface area contributed by atoms with Crippen molar-refractivity contribution >= 4 is 23.0 Å². The van der Waals surface area contributed by atoms with Gasteiger partial charge in [-0.15, -0.1) is 0 Å². The van der Waals surface area contributed by atoms with Crippen molar-refractivity contribution in [2.24, 2.45) is 0 Å². The molecule has 1 amide bonds. The summed E-state index contributed by atoms with van der Waals surface area (Å²) in [7, 11) is 0. The van der Waals surface area contributed by atoms with Gasteiger partial charge in [-0.3, -0.25) is 4.79 Å². The van der Waals surface area contributed by atoms with Crippen LogP contribution < -0.4 is 10.6 Å². The van der Waals surface area contributed by atoms with Crippen molar-refractivity contribution in [3.8, 4) is 0 Å². The van der Waals surface area contributed by atoms with Crippen LogP contribution in [0.2, 0.25) is 0 Å². The largest absolute Gasteiger partial charge is 0.353 e. The second-order valence-electron chi connectivity index (χ2n) is 5.64. The number of hydrogen-bond donors (Lipinski definition) is 2. The normalized spacial score (nSPS) is 10.4. The van der Waals surface area contributed by atoms with Crippen LogP contribution >= 0.6 is 0 Å².